The fourth-order valence-corrected chi connectivity index (χ4v) is 2.37. The van der Waals surface area contributed by atoms with Crippen molar-refractivity contribution in [1.29, 1.82) is 0 Å². The second kappa shape index (κ2) is 12.1. The van der Waals surface area contributed by atoms with Crippen LogP contribution in [0.1, 0.15) is 51.9 Å². The molecule has 2 N–H and O–H groups in total. The number of esters is 1. The van der Waals surface area contributed by atoms with E-state index in [4.69, 9.17) is 5.73 Å². The predicted octanol–water partition coefficient (Wildman–Crippen LogP) is 2.77. The van der Waals surface area contributed by atoms with E-state index in [9.17, 15) is 4.79 Å². The monoisotopic (exact) mass is 411 g/mol. The van der Waals surface area contributed by atoms with Gasteiger partial charge in [-0.15, -0.1) is 24.0 Å². The Labute approximate surface area is 145 Å². The number of carbonyl (C=O) groups excluding carboxylic acids is 1. The average molecular weight is 411 g/mol. The van der Waals surface area contributed by atoms with Gasteiger partial charge in [-0.2, -0.15) is 0 Å². The lowest BCUT2D eigenvalue weighted by molar-refractivity contribution is -0.140. The third-order valence-corrected chi connectivity index (χ3v) is 3.90. The van der Waals surface area contributed by atoms with Gasteiger partial charge in [0.1, 0.15) is 0 Å². The van der Waals surface area contributed by atoms with Gasteiger partial charge in [0, 0.05) is 26.1 Å². The van der Waals surface area contributed by atoms with Crippen LogP contribution in [0.3, 0.4) is 0 Å². The number of methoxy groups -OCH3 is 1. The number of unbranched alkanes of at least 4 members (excludes halogenated alkanes) is 3. The third-order valence-electron chi connectivity index (χ3n) is 3.90. The Bertz CT molecular complexity index is 316. The van der Waals surface area contributed by atoms with Crippen LogP contribution in [-0.4, -0.2) is 43.6 Å². The number of halogens is 1. The van der Waals surface area contributed by atoms with Gasteiger partial charge in [-0.25, -0.2) is 0 Å². The first-order valence-electron chi connectivity index (χ1n) is 7.75. The summed E-state index contributed by atoms with van der Waals surface area (Å²) in [6.45, 7) is 5.15. The van der Waals surface area contributed by atoms with E-state index < -0.39 is 0 Å². The molecule has 1 heterocycles. The smallest absolute Gasteiger partial charge is 0.305 e. The predicted molar refractivity (Wildman–Crippen MR) is 97.0 cm³/mol. The minimum atomic E-state index is -0.119. The minimum absolute atomic E-state index is 0. The van der Waals surface area contributed by atoms with E-state index >= 15 is 0 Å². The summed E-state index contributed by atoms with van der Waals surface area (Å²) in [5.41, 5.74) is 6.01. The molecule has 0 unspecified atom stereocenters. The number of nitrogens with zero attached hydrogens (tertiary/aromatic N) is 2. The first-order valence-corrected chi connectivity index (χ1v) is 7.75. The van der Waals surface area contributed by atoms with Crippen molar-refractivity contribution in [2.24, 2.45) is 16.6 Å². The van der Waals surface area contributed by atoms with Gasteiger partial charge in [0.15, 0.2) is 5.96 Å². The van der Waals surface area contributed by atoms with Gasteiger partial charge in [0.2, 0.25) is 0 Å². The molecular weight excluding hydrogens is 381 g/mol. The molecule has 0 atom stereocenters. The standard InChI is InChI=1S/C15H29N3O2.HI/c1-13-8-11-18(12-9-13)15(16)17-10-6-4-3-5-7-14(19)20-2;/h13H,3-12H2,1-2H3,(H2,16,17);1H. The number of hydrogen-bond acceptors (Lipinski definition) is 3. The zero-order chi connectivity index (χ0) is 14.8. The van der Waals surface area contributed by atoms with Gasteiger partial charge in [-0.3, -0.25) is 9.79 Å². The first kappa shape index (κ1) is 20.5. The number of carbonyl (C=O) groups is 1. The van der Waals surface area contributed by atoms with Crippen molar-refractivity contribution in [2.75, 3.05) is 26.7 Å². The molecule has 1 rings (SSSR count). The van der Waals surface area contributed by atoms with Crippen molar-refractivity contribution in [3.8, 4) is 0 Å². The summed E-state index contributed by atoms with van der Waals surface area (Å²) in [6, 6.07) is 0. The molecule has 0 saturated carbocycles. The summed E-state index contributed by atoms with van der Waals surface area (Å²) in [6.07, 6.45) is 7.01. The number of ether oxygens (including phenoxy) is 1. The van der Waals surface area contributed by atoms with E-state index in [2.05, 4.69) is 21.6 Å². The highest BCUT2D eigenvalue weighted by Crippen LogP contribution is 2.15. The molecule has 1 saturated heterocycles. The molecule has 0 aliphatic carbocycles. The number of nitrogens with two attached hydrogens (primary N) is 1. The molecule has 21 heavy (non-hydrogen) atoms. The third kappa shape index (κ3) is 9.16. The molecule has 0 radical (unpaired) electrons. The van der Waals surface area contributed by atoms with Gasteiger partial charge >= 0.3 is 5.97 Å². The highest BCUT2D eigenvalue weighted by molar-refractivity contribution is 14.0. The normalized spacial score (nSPS) is 16.5. The van der Waals surface area contributed by atoms with Crippen LogP contribution in [0.2, 0.25) is 0 Å². The van der Waals surface area contributed by atoms with E-state index in [1.807, 2.05) is 0 Å². The van der Waals surface area contributed by atoms with E-state index in [1.165, 1.54) is 20.0 Å². The molecule has 0 aromatic carbocycles. The van der Waals surface area contributed by atoms with Crippen molar-refractivity contribution in [3.63, 3.8) is 0 Å². The maximum atomic E-state index is 10.9. The maximum absolute atomic E-state index is 10.9. The summed E-state index contributed by atoms with van der Waals surface area (Å²) in [7, 11) is 1.43. The summed E-state index contributed by atoms with van der Waals surface area (Å²) in [5, 5.41) is 0. The minimum Gasteiger partial charge on any atom is -0.469 e. The summed E-state index contributed by atoms with van der Waals surface area (Å²) in [4.78, 5) is 17.6. The van der Waals surface area contributed by atoms with Gasteiger partial charge in [0.05, 0.1) is 7.11 Å². The van der Waals surface area contributed by atoms with Crippen molar-refractivity contribution in [3.05, 3.63) is 0 Å². The zero-order valence-corrected chi connectivity index (χ0v) is 15.7. The van der Waals surface area contributed by atoms with Crippen LogP contribution < -0.4 is 5.73 Å². The second-order valence-electron chi connectivity index (χ2n) is 5.65. The number of rotatable bonds is 7. The fourth-order valence-electron chi connectivity index (χ4n) is 2.37. The molecule has 6 heteroatoms. The number of piperidine rings is 1. The molecule has 0 amide bonds. The van der Waals surface area contributed by atoms with Crippen LogP contribution in [0.5, 0.6) is 0 Å². The lowest BCUT2D eigenvalue weighted by Gasteiger charge is -2.31. The molecule has 0 aromatic rings. The van der Waals surface area contributed by atoms with Gasteiger partial charge in [-0.1, -0.05) is 19.8 Å². The van der Waals surface area contributed by atoms with Crippen molar-refractivity contribution in [1.82, 2.24) is 4.90 Å². The van der Waals surface area contributed by atoms with Gasteiger partial charge in [0.25, 0.3) is 0 Å². The van der Waals surface area contributed by atoms with Crippen LogP contribution in [0.4, 0.5) is 0 Å². The number of likely N-dealkylation sites (tertiary alicyclic amines) is 1. The molecular formula is C15H30IN3O2. The van der Waals surface area contributed by atoms with E-state index in [1.54, 1.807) is 0 Å². The SMILES string of the molecule is COC(=O)CCCCCCN=C(N)N1CCC(C)CC1.I. The lowest BCUT2D eigenvalue weighted by Crippen LogP contribution is -2.42. The molecule has 5 nitrogen and oxygen atoms in total. The largest absolute Gasteiger partial charge is 0.469 e. The Morgan fingerprint density at radius 3 is 2.48 bits per heavy atom. The number of aliphatic imine (C=N–C) groups is 1. The lowest BCUT2D eigenvalue weighted by atomic mass is 10.00. The molecule has 1 aliphatic rings. The molecule has 0 bridgehead atoms. The zero-order valence-electron chi connectivity index (χ0n) is 13.3. The van der Waals surface area contributed by atoms with E-state index in [0.29, 0.717) is 12.4 Å². The summed E-state index contributed by atoms with van der Waals surface area (Å²) >= 11 is 0. The highest BCUT2D eigenvalue weighted by Gasteiger charge is 2.16. The molecule has 1 aliphatic heterocycles. The molecule has 0 aromatic heterocycles. The van der Waals surface area contributed by atoms with Crippen LogP contribution in [0, 0.1) is 5.92 Å². The van der Waals surface area contributed by atoms with Crippen molar-refractivity contribution >= 4 is 35.9 Å². The Balaban J connectivity index is 0.00000400. The van der Waals surface area contributed by atoms with Crippen LogP contribution in [0.25, 0.3) is 0 Å². The molecule has 1 fully saturated rings. The van der Waals surface area contributed by atoms with Gasteiger partial charge < -0.3 is 15.4 Å². The van der Waals surface area contributed by atoms with Crippen molar-refractivity contribution < 1.29 is 9.53 Å². The van der Waals surface area contributed by atoms with Crippen LogP contribution >= 0.6 is 24.0 Å². The number of hydrogen-bond donors (Lipinski definition) is 1. The maximum Gasteiger partial charge on any atom is 0.305 e. The molecule has 0 spiro atoms. The van der Waals surface area contributed by atoms with Gasteiger partial charge in [-0.05, 0) is 31.6 Å². The van der Waals surface area contributed by atoms with E-state index in [0.717, 1.165) is 51.2 Å². The van der Waals surface area contributed by atoms with Crippen LogP contribution in [0.15, 0.2) is 4.99 Å². The summed E-state index contributed by atoms with van der Waals surface area (Å²) < 4.78 is 4.60. The van der Waals surface area contributed by atoms with E-state index in [-0.39, 0.29) is 29.9 Å². The Hall–Kier alpha value is -0.530. The second-order valence-corrected chi connectivity index (χ2v) is 5.65. The number of guanidine groups is 1. The highest BCUT2D eigenvalue weighted by atomic mass is 127. The Morgan fingerprint density at radius 1 is 1.24 bits per heavy atom. The average Bonchev–Trinajstić information content (AvgIpc) is 2.46. The molecule has 124 valence electrons. The van der Waals surface area contributed by atoms with Crippen LogP contribution in [-0.2, 0) is 9.53 Å². The Kier molecular flexibility index (Phi) is 11.8. The van der Waals surface area contributed by atoms with Crippen molar-refractivity contribution in [2.45, 2.75) is 51.9 Å². The topological polar surface area (TPSA) is 67.9 Å². The quantitative estimate of drug-likeness (QED) is 0.230. The first-order chi connectivity index (χ1) is 9.63. The fraction of sp³-hybridized carbons (Fsp3) is 0.867. The Morgan fingerprint density at radius 2 is 1.86 bits per heavy atom. The summed E-state index contributed by atoms with van der Waals surface area (Å²) in [5.74, 6) is 1.40.